The molecule has 1 amide bonds. The SMILES string of the molecule is CCCCOc1ccc(CNC(=O)ON=Cc2ccccc2)cc1. The van der Waals surface area contributed by atoms with Gasteiger partial charge in [-0.3, -0.25) is 4.84 Å². The molecule has 0 fully saturated rings. The minimum atomic E-state index is -0.592. The molecule has 0 atom stereocenters. The summed E-state index contributed by atoms with van der Waals surface area (Å²) in [4.78, 5) is 16.3. The highest BCUT2D eigenvalue weighted by Crippen LogP contribution is 2.12. The van der Waals surface area contributed by atoms with Crippen molar-refractivity contribution >= 4 is 12.3 Å². The molecule has 0 heterocycles. The van der Waals surface area contributed by atoms with E-state index in [1.807, 2.05) is 54.6 Å². The number of hydrogen-bond acceptors (Lipinski definition) is 4. The number of ether oxygens (including phenoxy) is 1. The van der Waals surface area contributed by atoms with Gasteiger partial charge in [-0.15, -0.1) is 0 Å². The number of nitrogens with zero attached hydrogens (tertiary/aromatic N) is 1. The summed E-state index contributed by atoms with van der Waals surface area (Å²) in [6, 6.07) is 17.0. The van der Waals surface area contributed by atoms with Gasteiger partial charge >= 0.3 is 6.09 Å². The largest absolute Gasteiger partial charge is 0.494 e. The molecule has 24 heavy (non-hydrogen) atoms. The summed E-state index contributed by atoms with van der Waals surface area (Å²) in [5.74, 6) is 0.835. The van der Waals surface area contributed by atoms with Crippen LogP contribution < -0.4 is 10.1 Å². The van der Waals surface area contributed by atoms with E-state index in [0.717, 1.165) is 36.3 Å². The first-order valence-corrected chi connectivity index (χ1v) is 8.03. The first-order valence-electron chi connectivity index (χ1n) is 8.03. The Morgan fingerprint density at radius 1 is 1.12 bits per heavy atom. The topological polar surface area (TPSA) is 59.9 Å². The molecule has 0 aromatic heterocycles. The number of carbonyl (C=O) groups excluding carboxylic acids is 1. The van der Waals surface area contributed by atoms with E-state index in [1.54, 1.807) is 0 Å². The molecule has 0 radical (unpaired) electrons. The molecule has 5 nitrogen and oxygen atoms in total. The van der Waals surface area contributed by atoms with Crippen molar-refractivity contribution in [3.63, 3.8) is 0 Å². The Kier molecular flexibility index (Phi) is 7.34. The second-order valence-electron chi connectivity index (χ2n) is 5.22. The summed E-state index contributed by atoms with van der Waals surface area (Å²) in [7, 11) is 0. The van der Waals surface area contributed by atoms with Crippen LogP contribution in [0.5, 0.6) is 5.75 Å². The highest BCUT2D eigenvalue weighted by Gasteiger charge is 2.02. The number of rotatable bonds is 8. The molecular weight excluding hydrogens is 304 g/mol. The Morgan fingerprint density at radius 3 is 2.58 bits per heavy atom. The van der Waals surface area contributed by atoms with E-state index in [9.17, 15) is 4.79 Å². The third-order valence-corrected chi connectivity index (χ3v) is 3.26. The maximum atomic E-state index is 11.6. The quantitative estimate of drug-likeness (QED) is 0.343. The van der Waals surface area contributed by atoms with Crippen LogP contribution >= 0.6 is 0 Å². The zero-order valence-corrected chi connectivity index (χ0v) is 13.8. The number of hydrogen-bond donors (Lipinski definition) is 1. The number of oxime groups is 1. The molecule has 0 aliphatic heterocycles. The van der Waals surface area contributed by atoms with Crippen molar-refractivity contribution in [1.29, 1.82) is 0 Å². The summed E-state index contributed by atoms with van der Waals surface area (Å²) < 4.78 is 5.59. The molecule has 0 saturated heterocycles. The van der Waals surface area contributed by atoms with Gasteiger partial charge in [0, 0.05) is 6.54 Å². The van der Waals surface area contributed by atoms with Crippen molar-refractivity contribution in [2.75, 3.05) is 6.61 Å². The van der Waals surface area contributed by atoms with Crippen LogP contribution in [0, 0.1) is 0 Å². The molecule has 0 bridgehead atoms. The van der Waals surface area contributed by atoms with Gasteiger partial charge < -0.3 is 10.1 Å². The average molecular weight is 326 g/mol. The van der Waals surface area contributed by atoms with Crippen LogP contribution in [0.15, 0.2) is 59.8 Å². The lowest BCUT2D eigenvalue weighted by atomic mass is 10.2. The predicted molar refractivity (Wildman–Crippen MR) is 94.2 cm³/mol. The van der Waals surface area contributed by atoms with Crippen LogP contribution in [0.4, 0.5) is 4.79 Å². The molecule has 0 spiro atoms. The van der Waals surface area contributed by atoms with Gasteiger partial charge in [0.1, 0.15) is 5.75 Å². The standard InChI is InChI=1S/C19H22N2O3/c1-2-3-13-23-18-11-9-17(10-12-18)14-20-19(22)24-21-15-16-7-5-4-6-8-16/h4-12,15H,2-3,13-14H2,1H3,(H,20,22). The molecule has 0 saturated carbocycles. The minimum absolute atomic E-state index is 0.370. The third kappa shape index (κ3) is 6.52. The molecule has 5 heteroatoms. The highest BCUT2D eigenvalue weighted by molar-refractivity contribution is 5.79. The van der Waals surface area contributed by atoms with Crippen LogP contribution in [0.2, 0.25) is 0 Å². The van der Waals surface area contributed by atoms with Gasteiger partial charge in [-0.05, 0) is 29.7 Å². The van der Waals surface area contributed by atoms with Crippen molar-refractivity contribution in [2.24, 2.45) is 5.16 Å². The number of amides is 1. The maximum Gasteiger partial charge on any atom is 0.433 e. The Balaban J connectivity index is 1.70. The summed E-state index contributed by atoms with van der Waals surface area (Å²) in [5, 5.41) is 6.29. The van der Waals surface area contributed by atoms with Gasteiger partial charge in [-0.25, -0.2) is 4.79 Å². The molecule has 0 aliphatic carbocycles. The van der Waals surface area contributed by atoms with Gasteiger partial charge in [0.25, 0.3) is 0 Å². The van der Waals surface area contributed by atoms with Crippen LogP contribution in [0.3, 0.4) is 0 Å². The molecule has 2 aromatic rings. The van der Waals surface area contributed by atoms with Crippen LogP contribution in [-0.4, -0.2) is 18.9 Å². The lowest BCUT2D eigenvalue weighted by molar-refractivity contribution is 0.151. The van der Waals surface area contributed by atoms with Crippen molar-refractivity contribution in [3.05, 3.63) is 65.7 Å². The fourth-order valence-corrected chi connectivity index (χ4v) is 1.92. The van der Waals surface area contributed by atoms with Crippen molar-refractivity contribution in [2.45, 2.75) is 26.3 Å². The minimum Gasteiger partial charge on any atom is -0.494 e. The monoisotopic (exact) mass is 326 g/mol. The summed E-state index contributed by atoms with van der Waals surface area (Å²) in [6.07, 6.45) is 3.04. The maximum absolute atomic E-state index is 11.6. The highest BCUT2D eigenvalue weighted by atomic mass is 16.7. The van der Waals surface area contributed by atoms with Crippen LogP contribution in [0.1, 0.15) is 30.9 Å². The molecule has 0 aliphatic rings. The van der Waals surface area contributed by atoms with E-state index in [2.05, 4.69) is 17.4 Å². The zero-order chi connectivity index (χ0) is 17.0. The lowest BCUT2D eigenvalue weighted by Gasteiger charge is -2.07. The number of nitrogens with one attached hydrogen (secondary N) is 1. The van der Waals surface area contributed by atoms with Gasteiger partial charge in [0.2, 0.25) is 0 Å². The first-order chi connectivity index (χ1) is 11.8. The molecule has 1 N–H and O–H groups in total. The Bertz CT molecular complexity index is 639. The van der Waals surface area contributed by atoms with Crippen LogP contribution in [-0.2, 0) is 11.4 Å². The predicted octanol–water partition coefficient (Wildman–Crippen LogP) is 4.13. The normalized spacial score (nSPS) is 10.5. The molecule has 126 valence electrons. The number of carbonyl (C=O) groups is 1. The van der Waals surface area contributed by atoms with Crippen molar-refractivity contribution in [1.82, 2.24) is 5.32 Å². The second kappa shape index (κ2) is 10.0. The Labute approximate surface area is 142 Å². The fourth-order valence-electron chi connectivity index (χ4n) is 1.92. The summed E-state index contributed by atoms with van der Waals surface area (Å²) in [6.45, 7) is 3.22. The average Bonchev–Trinajstić information content (AvgIpc) is 2.62. The third-order valence-electron chi connectivity index (χ3n) is 3.26. The van der Waals surface area contributed by atoms with Gasteiger partial charge in [-0.2, -0.15) is 0 Å². The van der Waals surface area contributed by atoms with E-state index in [1.165, 1.54) is 6.21 Å². The molecule has 0 unspecified atom stereocenters. The summed E-state index contributed by atoms with van der Waals surface area (Å²) in [5.41, 5.74) is 1.82. The molecular formula is C19H22N2O3. The van der Waals surface area contributed by atoms with E-state index < -0.39 is 6.09 Å². The van der Waals surface area contributed by atoms with Crippen molar-refractivity contribution < 1.29 is 14.4 Å². The van der Waals surface area contributed by atoms with Crippen LogP contribution in [0.25, 0.3) is 0 Å². The van der Waals surface area contributed by atoms with Gasteiger partial charge in [0.05, 0.1) is 12.8 Å². The number of unbranched alkanes of at least 4 members (excludes halogenated alkanes) is 1. The van der Waals surface area contributed by atoms with E-state index in [0.29, 0.717) is 6.54 Å². The Hall–Kier alpha value is -2.82. The molecule has 2 aromatic carbocycles. The zero-order valence-electron chi connectivity index (χ0n) is 13.8. The fraction of sp³-hybridized carbons (Fsp3) is 0.263. The Morgan fingerprint density at radius 2 is 1.88 bits per heavy atom. The van der Waals surface area contributed by atoms with Gasteiger partial charge in [-0.1, -0.05) is 61.0 Å². The van der Waals surface area contributed by atoms with Gasteiger partial charge in [0.15, 0.2) is 0 Å². The number of benzene rings is 2. The summed E-state index contributed by atoms with van der Waals surface area (Å²) >= 11 is 0. The lowest BCUT2D eigenvalue weighted by Crippen LogP contribution is -2.22. The van der Waals surface area contributed by atoms with E-state index in [-0.39, 0.29) is 0 Å². The molecule has 2 rings (SSSR count). The van der Waals surface area contributed by atoms with Crippen molar-refractivity contribution in [3.8, 4) is 5.75 Å². The first kappa shape index (κ1) is 17.5. The second-order valence-corrected chi connectivity index (χ2v) is 5.22. The smallest absolute Gasteiger partial charge is 0.433 e. The van der Waals surface area contributed by atoms with E-state index >= 15 is 0 Å². The van der Waals surface area contributed by atoms with E-state index in [4.69, 9.17) is 9.57 Å².